The maximum atomic E-state index is 10.8. The molecule has 0 fully saturated rings. The van der Waals surface area contributed by atoms with Crippen LogP contribution < -0.4 is 10.5 Å². The highest BCUT2D eigenvalue weighted by Crippen LogP contribution is 1.85. The summed E-state index contributed by atoms with van der Waals surface area (Å²) in [6, 6.07) is 1.23. The molecule has 0 aromatic rings. The van der Waals surface area contributed by atoms with Crippen LogP contribution in [-0.4, -0.2) is 26.8 Å². The van der Waals surface area contributed by atoms with Crippen molar-refractivity contribution < 1.29 is 8.42 Å². The molecule has 0 bridgehead atoms. The maximum Gasteiger partial charge on any atom is 0.225 e. The molecule has 0 aromatic carbocycles. The fraction of sp³-hybridized carbons (Fsp3) is 0.800. The Morgan fingerprint density at radius 2 is 2.27 bits per heavy atom. The molecule has 64 valence electrons. The molecule has 0 amide bonds. The molecule has 1 atom stereocenters. The van der Waals surface area contributed by atoms with Gasteiger partial charge in [-0.05, 0) is 6.92 Å². The van der Waals surface area contributed by atoms with Crippen molar-refractivity contribution in [2.24, 2.45) is 5.73 Å². The van der Waals surface area contributed by atoms with Crippen molar-refractivity contribution >= 4 is 10.0 Å². The highest BCUT2D eigenvalue weighted by atomic mass is 32.2. The van der Waals surface area contributed by atoms with E-state index in [0.717, 1.165) is 0 Å². The van der Waals surface area contributed by atoms with Crippen LogP contribution in [0.15, 0.2) is 0 Å². The van der Waals surface area contributed by atoms with E-state index in [1.807, 2.05) is 0 Å². The van der Waals surface area contributed by atoms with Crippen molar-refractivity contribution in [1.82, 2.24) is 4.72 Å². The van der Waals surface area contributed by atoms with Gasteiger partial charge in [-0.25, -0.2) is 13.1 Å². The van der Waals surface area contributed by atoms with Gasteiger partial charge in [-0.2, -0.15) is 5.26 Å². The van der Waals surface area contributed by atoms with Crippen LogP contribution in [0.25, 0.3) is 0 Å². The lowest BCUT2D eigenvalue weighted by Crippen LogP contribution is -2.38. The van der Waals surface area contributed by atoms with Gasteiger partial charge in [0.1, 0.15) is 0 Å². The molecule has 11 heavy (non-hydrogen) atoms. The third kappa shape index (κ3) is 4.72. The predicted octanol–water partition coefficient (Wildman–Crippen LogP) is -1.22. The van der Waals surface area contributed by atoms with Crippen LogP contribution in [0.3, 0.4) is 0 Å². The quantitative estimate of drug-likeness (QED) is 0.562. The standard InChI is InChI=1S/C5H11N3O2S/c1-5(4-7)8-11(9,10)3-2-6/h5,8H,3-4,7H2,1H3. The van der Waals surface area contributed by atoms with Crippen LogP contribution in [0.4, 0.5) is 0 Å². The van der Waals surface area contributed by atoms with Crippen LogP contribution >= 0.6 is 0 Å². The van der Waals surface area contributed by atoms with Gasteiger partial charge in [0.25, 0.3) is 0 Å². The second kappa shape index (κ2) is 4.28. The third-order valence-electron chi connectivity index (χ3n) is 0.989. The molecule has 0 rings (SSSR count). The van der Waals surface area contributed by atoms with E-state index < -0.39 is 15.8 Å². The zero-order chi connectivity index (χ0) is 8.91. The Kier molecular flexibility index (Phi) is 4.03. The highest BCUT2D eigenvalue weighted by Gasteiger charge is 2.11. The molecule has 6 heteroatoms. The Morgan fingerprint density at radius 3 is 2.64 bits per heavy atom. The average Bonchev–Trinajstić information content (AvgIpc) is 1.86. The number of nitrogens with zero attached hydrogens (tertiary/aromatic N) is 1. The zero-order valence-electron chi connectivity index (χ0n) is 6.24. The SMILES string of the molecule is CC(CN)NS(=O)(=O)CC#N. The molecule has 0 radical (unpaired) electrons. The van der Waals surface area contributed by atoms with Crippen LogP contribution in [0.1, 0.15) is 6.92 Å². The summed E-state index contributed by atoms with van der Waals surface area (Å²) in [5.74, 6) is -0.517. The molecular weight excluding hydrogens is 166 g/mol. The smallest absolute Gasteiger partial charge is 0.225 e. The summed E-state index contributed by atoms with van der Waals surface area (Å²) in [6.07, 6.45) is 0. The van der Waals surface area contributed by atoms with Crippen LogP contribution in [0.5, 0.6) is 0 Å². The van der Waals surface area contributed by atoms with E-state index in [2.05, 4.69) is 4.72 Å². The number of hydrogen-bond acceptors (Lipinski definition) is 4. The Morgan fingerprint density at radius 1 is 1.73 bits per heavy atom. The molecular formula is C5H11N3O2S. The summed E-state index contributed by atoms with van der Waals surface area (Å²) in [6.45, 7) is 1.86. The summed E-state index contributed by atoms with van der Waals surface area (Å²) in [7, 11) is -3.43. The lowest BCUT2D eigenvalue weighted by Gasteiger charge is -2.08. The van der Waals surface area contributed by atoms with Crippen molar-refractivity contribution in [3.63, 3.8) is 0 Å². The van der Waals surface area contributed by atoms with Crippen molar-refractivity contribution in [2.75, 3.05) is 12.3 Å². The third-order valence-corrected chi connectivity index (χ3v) is 2.26. The minimum Gasteiger partial charge on any atom is -0.329 e. The number of nitriles is 1. The molecule has 0 aliphatic carbocycles. The molecule has 0 aliphatic heterocycles. The number of sulfonamides is 1. The molecule has 0 saturated carbocycles. The van der Waals surface area contributed by atoms with E-state index in [1.165, 1.54) is 0 Å². The molecule has 0 heterocycles. The average molecular weight is 177 g/mol. The molecule has 0 aliphatic rings. The first-order chi connectivity index (χ1) is 5.02. The van der Waals surface area contributed by atoms with Gasteiger partial charge in [0.15, 0.2) is 5.75 Å². The Bertz CT molecular complexity index is 241. The monoisotopic (exact) mass is 177 g/mol. The van der Waals surface area contributed by atoms with Gasteiger partial charge in [0.05, 0.1) is 6.07 Å². The normalized spacial score (nSPS) is 13.9. The minimum atomic E-state index is -3.43. The van der Waals surface area contributed by atoms with E-state index in [4.69, 9.17) is 11.0 Å². The Labute approximate surface area is 66.2 Å². The molecule has 3 N–H and O–H groups in total. The lowest BCUT2D eigenvalue weighted by atomic mass is 10.4. The van der Waals surface area contributed by atoms with Crippen LogP contribution in [0.2, 0.25) is 0 Å². The summed E-state index contributed by atoms with van der Waals surface area (Å²) < 4.78 is 23.9. The number of rotatable bonds is 4. The fourth-order valence-electron chi connectivity index (χ4n) is 0.481. The molecule has 0 spiro atoms. The maximum absolute atomic E-state index is 10.8. The van der Waals surface area contributed by atoms with Gasteiger partial charge < -0.3 is 5.73 Å². The van der Waals surface area contributed by atoms with Crippen LogP contribution in [0, 0.1) is 11.3 Å². The van der Waals surface area contributed by atoms with Gasteiger partial charge in [-0.3, -0.25) is 0 Å². The first-order valence-corrected chi connectivity index (χ1v) is 4.74. The predicted molar refractivity (Wildman–Crippen MR) is 41.1 cm³/mol. The second-order valence-corrected chi connectivity index (χ2v) is 3.93. The summed E-state index contributed by atoms with van der Waals surface area (Å²) >= 11 is 0. The zero-order valence-corrected chi connectivity index (χ0v) is 7.06. The number of nitrogens with one attached hydrogen (secondary N) is 1. The molecule has 0 aromatic heterocycles. The van der Waals surface area contributed by atoms with Crippen molar-refractivity contribution in [1.29, 1.82) is 5.26 Å². The van der Waals surface area contributed by atoms with Crippen molar-refractivity contribution in [3.8, 4) is 6.07 Å². The van der Waals surface area contributed by atoms with Gasteiger partial charge in [-0.15, -0.1) is 0 Å². The van der Waals surface area contributed by atoms with Crippen LogP contribution in [-0.2, 0) is 10.0 Å². The molecule has 0 saturated heterocycles. The summed E-state index contributed by atoms with van der Waals surface area (Å²) in [5.41, 5.74) is 5.17. The molecule has 1 unspecified atom stereocenters. The number of hydrogen-bond donors (Lipinski definition) is 2. The van der Waals surface area contributed by atoms with Gasteiger partial charge in [-0.1, -0.05) is 0 Å². The van der Waals surface area contributed by atoms with E-state index in [-0.39, 0.29) is 12.6 Å². The Balaban J connectivity index is 4.05. The lowest BCUT2D eigenvalue weighted by molar-refractivity contribution is 0.566. The van der Waals surface area contributed by atoms with Gasteiger partial charge in [0.2, 0.25) is 10.0 Å². The summed E-state index contributed by atoms with van der Waals surface area (Å²) in [4.78, 5) is 0. The summed E-state index contributed by atoms with van der Waals surface area (Å²) in [5, 5.41) is 8.09. The van der Waals surface area contributed by atoms with Crippen molar-refractivity contribution in [3.05, 3.63) is 0 Å². The largest absolute Gasteiger partial charge is 0.329 e. The number of nitrogens with two attached hydrogens (primary N) is 1. The Hall–Kier alpha value is -0.640. The van der Waals surface area contributed by atoms with Crippen molar-refractivity contribution in [2.45, 2.75) is 13.0 Å². The molecule has 5 nitrogen and oxygen atoms in total. The first kappa shape index (κ1) is 10.4. The highest BCUT2D eigenvalue weighted by molar-refractivity contribution is 7.89. The van der Waals surface area contributed by atoms with E-state index in [9.17, 15) is 8.42 Å². The van der Waals surface area contributed by atoms with Gasteiger partial charge in [0, 0.05) is 12.6 Å². The van der Waals surface area contributed by atoms with E-state index in [0.29, 0.717) is 0 Å². The fourth-order valence-corrected chi connectivity index (χ4v) is 1.44. The second-order valence-electron chi connectivity index (χ2n) is 2.17. The van der Waals surface area contributed by atoms with E-state index in [1.54, 1.807) is 13.0 Å². The van der Waals surface area contributed by atoms with Gasteiger partial charge >= 0.3 is 0 Å². The topological polar surface area (TPSA) is 96.0 Å². The van der Waals surface area contributed by atoms with E-state index >= 15 is 0 Å². The minimum absolute atomic E-state index is 0.227. The first-order valence-electron chi connectivity index (χ1n) is 3.09.